The molecule has 0 bridgehead atoms. The van der Waals surface area contributed by atoms with E-state index in [2.05, 4.69) is 10.3 Å². The van der Waals surface area contributed by atoms with Gasteiger partial charge in [-0.15, -0.1) is 0 Å². The lowest BCUT2D eigenvalue weighted by Gasteiger charge is -2.31. The van der Waals surface area contributed by atoms with Gasteiger partial charge in [0.05, 0.1) is 6.04 Å². The molecule has 2 rings (SSSR count). The zero-order valence-electron chi connectivity index (χ0n) is 19.4. The number of amides is 3. The van der Waals surface area contributed by atoms with Crippen LogP contribution in [-0.4, -0.2) is 88.4 Å². The first-order chi connectivity index (χ1) is 15.5. The number of nitrogens with two attached hydrogens (primary N) is 3. The first-order valence-corrected chi connectivity index (χ1v) is 11.5. The smallest absolute Gasteiger partial charge is 0.326 e. The predicted octanol–water partition coefficient (Wildman–Crippen LogP) is -1.43. The molecular formula is C21H37N7O5. The van der Waals surface area contributed by atoms with Crippen molar-refractivity contribution in [3.05, 3.63) is 0 Å². The summed E-state index contributed by atoms with van der Waals surface area (Å²) in [5.41, 5.74) is 16.7. The fourth-order valence-corrected chi connectivity index (χ4v) is 4.30. The number of carboxylic acids is 1. The lowest BCUT2D eigenvalue weighted by Crippen LogP contribution is -2.57. The van der Waals surface area contributed by atoms with Crippen LogP contribution >= 0.6 is 0 Å². The molecule has 2 saturated heterocycles. The molecular weight excluding hydrogens is 430 g/mol. The third-order valence-electron chi connectivity index (χ3n) is 6.22. The van der Waals surface area contributed by atoms with Crippen LogP contribution in [0.3, 0.4) is 0 Å². The fraction of sp³-hybridized carbons (Fsp3) is 0.762. The van der Waals surface area contributed by atoms with Crippen molar-refractivity contribution in [1.29, 1.82) is 0 Å². The van der Waals surface area contributed by atoms with E-state index in [4.69, 9.17) is 17.2 Å². The third kappa shape index (κ3) is 6.80. The molecule has 12 heteroatoms. The summed E-state index contributed by atoms with van der Waals surface area (Å²) in [5.74, 6) is -2.40. The van der Waals surface area contributed by atoms with Crippen molar-refractivity contribution in [3.63, 3.8) is 0 Å². The molecule has 3 amide bonds. The number of aliphatic carboxylic acids is 1. The largest absolute Gasteiger partial charge is 0.480 e. The Balaban J connectivity index is 2.14. The Labute approximate surface area is 193 Å². The van der Waals surface area contributed by atoms with E-state index in [0.717, 1.165) is 0 Å². The molecule has 0 aromatic heterocycles. The van der Waals surface area contributed by atoms with Crippen LogP contribution in [0.25, 0.3) is 0 Å². The van der Waals surface area contributed by atoms with Gasteiger partial charge in [0.15, 0.2) is 5.96 Å². The van der Waals surface area contributed by atoms with Crippen LogP contribution in [0.1, 0.15) is 52.4 Å². The average molecular weight is 468 g/mol. The molecule has 2 aliphatic rings. The molecule has 0 aromatic rings. The number of hydrogen-bond acceptors (Lipinski definition) is 6. The van der Waals surface area contributed by atoms with Crippen LogP contribution in [-0.2, 0) is 19.2 Å². The molecule has 2 aliphatic heterocycles. The molecule has 4 atom stereocenters. The summed E-state index contributed by atoms with van der Waals surface area (Å²) < 4.78 is 0. The van der Waals surface area contributed by atoms with E-state index >= 15 is 0 Å². The number of nitrogens with one attached hydrogen (secondary N) is 1. The van der Waals surface area contributed by atoms with E-state index in [1.54, 1.807) is 0 Å². The summed E-state index contributed by atoms with van der Waals surface area (Å²) in [6.07, 6.45) is 2.72. The topological polar surface area (TPSA) is 197 Å². The second-order valence-electron chi connectivity index (χ2n) is 9.00. The Morgan fingerprint density at radius 3 is 2.15 bits per heavy atom. The van der Waals surface area contributed by atoms with Crippen molar-refractivity contribution in [2.24, 2.45) is 28.1 Å². The van der Waals surface area contributed by atoms with Crippen molar-refractivity contribution in [2.75, 3.05) is 19.6 Å². The van der Waals surface area contributed by atoms with Crippen molar-refractivity contribution < 1.29 is 24.3 Å². The summed E-state index contributed by atoms with van der Waals surface area (Å²) in [4.78, 5) is 57.4. The van der Waals surface area contributed by atoms with Gasteiger partial charge in [-0.3, -0.25) is 19.4 Å². The molecule has 12 nitrogen and oxygen atoms in total. The highest BCUT2D eigenvalue weighted by Crippen LogP contribution is 2.22. The van der Waals surface area contributed by atoms with Gasteiger partial charge in [-0.25, -0.2) is 4.79 Å². The SMILES string of the molecule is CC(C)C(N)C(=O)N1CCCC1C(=O)NC(CCCN=C(N)N)C(=O)N1CCCC1C(=O)O. The Kier molecular flexibility index (Phi) is 9.44. The van der Waals surface area contributed by atoms with Gasteiger partial charge in [0.25, 0.3) is 0 Å². The highest BCUT2D eigenvalue weighted by atomic mass is 16.4. The van der Waals surface area contributed by atoms with Crippen molar-refractivity contribution in [1.82, 2.24) is 15.1 Å². The number of likely N-dealkylation sites (tertiary alicyclic amines) is 2. The maximum absolute atomic E-state index is 13.2. The minimum Gasteiger partial charge on any atom is -0.480 e. The van der Waals surface area contributed by atoms with Crippen LogP contribution in [0.4, 0.5) is 0 Å². The molecule has 0 saturated carbocycles. The quantitative estimate of drug-likeness (QED) is 0.146. The van der Waals surface area contributed by atoms with Gasteiger partial charge < -0.3 is 37.4 Å². The maximum atomic E-state index is 13.2. The predicted molar refractivity (Wildman–Crippen MR) is 122 cm³/mol. The molecule has 0 aliphatic carbocycles. The molecule has 4 unspecified atom stereocenters. The van der Waals surface area contributed by atoms with E-state index in [1.165, 1.54) is 9.80 Å². The van der Waals surface area contributed by atoms with Crippen molar-refractivity contribution in [2.45, 2.75) is 76.5 Å². The number of rotatable bonds is 10. The summed E-state index contributed by atoms with van der Waals surface area (Å²) in [6, 6.07) is -3.29. The normalized spacial score (nSPS) is 22.2. The fourth-order valence-electron chi connectivity index (χ4n) is 4.30. The van der Waals surface area contributed by atoms with E-state index in [9.17, 15) is 24.3 Å². The van der Waals surface area contributed by atoms with Gasteiger partial charge in [-0.05, 0) is 44.4 Å². The van der Waals surface area contributed by atoms with Gasteiger partial charge >= 0.3 is 5.97 Å². The minimum absolute atomic E-state index is 0.0743. The Morgan fingerprint density at radius 1 is 1.03 bits per heavy atom. The number of carbonyl (C=O) groups excluding carboxylic acids is 3. The first-order valence-electron chi connectivity index (χ1n) is 11.5. The molecule has 0 spiro atoms. The summed E-state index contributed by atoms with van der Waals surface area (Å²) in [6.45, 7) is 4.68. The number of carboxylic acid groups (broad SMARTS) is 1. The van der Waals surface area contributed by atoms with Crippen LogP contribution < -0.4 is 22.5 Å². The summed E-state index contributed by atoms with van der Waals surface area (Å²) in [7, 11) is 0. The van der Waals surface area contributed by atoms with E-state index < -0.39 is 42.0 Å². The molecule has 2 heterocycles. The summed E-state index contributed by atoms with van der Waals surface area (Å²) >= 11 is 0. The van der Waals surface area contributed by atoms with Gasteiger partial charge in [-0.1, -0.05) is 13.8 Å². The molecule has 0 radical (unpaired) electrons. The lowest BCUT2D eigenvalue weighted by molar-refractivity contribution is -0.150. The average Bonchev–Trinajstić information content (AvgIpc) is 3.43. The summed E-state index contributed by atoms with van der Waals surface area (Å²) in [5, 5.41) is 12.2. The molecule has 8 N–H and O–H groups in total. The molecule has 2 fully saturated rings. The van der Waals surface area contributed by atoms with Crippen LogP contribution in [0, 0.1) is 5.92 Å². The van der Waals surface area contributed by atoms with E-state index in [1.807, 2.05) is 13.8 Å². The Hall–Kier alpha value is -2.89. The zero-order chi connectivity index (χ0) is 24.7. The molecule has 186 valence electrons. The maximum Gasteiger partial charge on any atom is 0.326 e. The van der Waals surface area contributed by atoms with Gasteiger partial charge in [0.1, 0.15) is 18.1 Å². The first kappa shape index (κ1) is 26.4. The van der Waals surface area contributed by atoms with Crippen LogP contribution in [0.15, 0.2) is 4.99 Å². The van der Waals surface area contributed by atoms with Crippen LogP contribution in [0.2, 0.25) is 0 Å². The molecule has 33 heavy (non-hydrogen) atoms. The van der Waals surface area contributed by atoms with Gasteiger partial charge in [-0.2, -0.15) is 0 Å². The Bertz CT molecular complexity index is 768. The van der Waals surface area contributed by atoms with Crippen molar-refractivity contribution >= 4 is 29.7 Å². The number of carbonyl (C=O) groups is 4. The lowest BCUT2D eigenvalue weighted by atomic mass is 10.0. The highest BCUT2D eigenvalue weighted by molar-refractivity contribution is 5.94. The number of nitrogens with zero attached hydrogens (tertiary/aromatic N) is 3. The minimum atomic E-state index is -1.07. The standard InChI is InChI=1S/C21H37N7O5/c1-12(2)16(22)19(31)27-10-4-7-14(27)17(29)26-13(6-3-9-25-21(23)24)18(30)28-11-5-8-15(28)20(32)33/h12-16H,3-11,22H2,1-2H3,(H,26,29)(H,32,33)(H4,23,24,25). The second kappa shape index (κ2) is 11.8. The van der Waals surface area contributed by atoms with Crippen molar-refractivity contribution in [3.8, 4) is 0 Å². The third-order valence-corrected chi connectivity index (χ3v) is 6.22. The monoisotopic (exact) mass is 467 g/mol. The second-order valence-corrected chi connectivity index (χ2v) is 9.00. The zero-order valence-corrected chi connectivity index (χ0v) is 19.4. The number of aliphatic imine (C=N–C) groups is 1. The number of guanidine groups is 1. The highest BCUT2D eigenvalue weighted by Gasteiger charge is 2.40. The van der Waals surface area contributed by atoms with Gasteiger partial charge in [0, 0.05) is 19.6 Å². The van der Waals surface area contributed by atoms with E-state index in [0.29, 0.717) is 45.2 Å². The number of hydrogen-bond donors (Lipinski definition) is 5. The van der Waals surface area contributed by atoms with Gasteiger partial charge in [0.2, 0.25) is 17.7 Å². The van der Waals surface area contributed by atoms with Crippen LogP contribution in [0.5, 0.6) is 0 Å². The Morgan fingerprint density at radius 2 is 1.61 bits per heavy atom. The molecule has 0 aromatic carbocycles. The van der Waals surface area contributed by atoms with E-state index in [-0.39, 0.29) is 30.8 Å².